The summed E-state index contributed by atoms with van der Waals surface area (Å²) in [4.78, 5) is 16.9. The highest BCUT2D eigenvalue weighted by molar-refractivity contribution is 6.32. The number of carbonyl (C=O) groups is 1. The Morgan fingerprint density at radius 2 is 1.84 bits per heavy atom. The minimum absolute atomic E-state index is 0.119. The van der Waals surface area contributed by atoms with Gasteiger partial charge in [-0.25, -0.2) is 4.98 Å². The number of benzene rings is 3. The average molecular weight is 437 g/mol. The largest absolute Gasteiger partial charge is 0.497 e. The van der Waals surface area contributed by atoms with Gasteiger partial charge in [0.25, 0.3) is 5.91 Å². The molecule has 4 aromatic rings. The van der Waals surface area contributed by atoms with Crippen LogP contribution < -0.4 is 14.8 Å². The number of anilines is 1. The highest BCUT2D eigenvalue weighted by Crippen LogP contribution is 2.29. The number of fused-ring (bicyclic) bond motifs is 1. The van der Waals surface area contributed by atoms with Gasteiger partial charge in [-0.3, -0.25) is 4.79 Å². The third kappa shape index (κ3) is 4.64. The molecule has 0 spiro atoms. The Hall–Kier alpha value is -3.51. The van der Waals surface area contributed by atoms with Crippen LogP contribution in [0, 0.1) is 13.8 Å². The average Bonchev–Trinajstić information content (AvgIpc) is 3.19. The van der Waals surface area contributed by atoms with Gasteiger partial charge in [-0.15, -0.1) is 0 Å². The van der Waals surface area contributed by atoms with Crippen LogP contribution in [0.3, 0.4) is 0 Å². The lowest BCUT2D eigenvalue weighted by atomic mass is 10.1. The quantitative estimate of drug-likeness (QED) is 0.414. The Morgan fingerprint density at radius 1 is 1.06 bits per heavy atom. The summed E-state index contributed by atoms with van der Waals surface area (Å²) in [6, 6.07) is 16.4. The number of rotatable bonds is 6. The molecule has 0 bridgehead atoms. The molecule has 7 heteroatoms. The van der Waals surface area contributed by atoms with Crippen LogP contribution in [0.2, 0.25) is 5.02 Å². The molecule has 1 aromatic heterocycles. The first kappa shape index (κ1) is 20.8. The van der Waals surface area contributed by atoms with E-state index in [2.05, 4.69) is 10.3 Å². The van der Waals surface area contributed by atoms with Crippen LogP contribution in [0.15, 0.2) is 59.0 Å². The monoisotopic (exact) mass is 436 g/mol. The Morgan fingerprint density at radius 3 is 2.58 bits per heavy atom. The molecule has 0 fully saturated rings. The molecule has 0 aliphatic carbocycles. The molecule has 158 valence electrons. The van der Waals surface area contributed by atoms with E-state index in [1.165, 1.54) is 0 Å². The normalized spacial score (nSPS) is 10.8. The molecule has 31 heavy (non-hydrogen) atoms. The van der Waals surface area contributed by atoms with Crippen molar-refractivity contribution in [1.82, 2.24) is 4.98 Å². The van der Waals surface area contributed by atoms with Gasteiger partial charge in [0.15, 0.2) is 12.2 Å². The zero-order chi connectivity index (χ0) is 22.0. The van der Waals surface area contributed by atoms with Crippen molar-refractivity contribution in [3.8, 4) is 23.0 Å². The molecule has 1 heterocycles. The Labute approximate surface area is 184 Å². The van der Waals surface area contributed by atoms with E-state index in [4.69, 9.17) is 25.5 Å². The lowest BCUT2D eigenvalue weighted by Gasteiger charge is -2.10. The number of oxazole rings is 1. The summed E-state index contributed by atoms with van der Waals surface area (Å²) in [7, 11) is 1.61. The topological polar surface area (TPSA) is 73.6 Å². The van der Waals surface area contributed by atoms with E-state index in [1.807, 2.05) is 50.2 Å². The molecule has 0 aliphatic heterocycles. The first-order chi connectivity index (χ1) is 14.9. The molecular formula is C24H21ClN2O4. The Bertz CT molecular complexity index is 1240. The molecular weight excluding hydrogens is 416 g/mol. The number of aromatic nitrogens is 1. The minimum atomic E-state index is -0.277. The molecule has 1 N–H and O–H groups in total. The van der Waals surface area contributed by atoms with Gasteiger partial charge in [0, 0.05) is 16.3 Å². The maximum absolute atomic E-state index is 12.3. The zero-order valence-electron chi connectivity index (χ0n) is 17.4. The number of methoxy groups -OCH3 is 1. The number of halogens is 1. The molecule has 1 amide bonds. The number of aryl methyl sites for hydroxylation is 2. The van der Waals surface area contributed by atoms with Gasteiger partial charge in [-0.2, -0.15) is 0 Å². The van der Waals surface area contributed by atoms with Crippen molar-refractivity contribution in [3.05, 3.63) is 70.7 Å². The van der Waals surface area contributed by atoms with E-state index in [0.29, 0.717) is 33.4 Å². The maximum Gasteiger partial charge on any atom is 0.262 e. The van der Waals surface area contributed by atoms with E-state index in [0.717, 1.165) is 22.4 Å². The van der Waals surface area contributed by atoms with E-state index in [9.17, 15) is 4.79 Å². The summed E-state index contributed by atoms with van der Waals surface area (Å²) < 4.78 is 16.7. The van der Waals surface area contributed by atoms with Crippen molar-refractivity contribution >= 4 is 34.3 Å². The molecule has 0 radical (unpaired) electrons. The smallest absolute Gasteiger partial charge is 0.262 e. The number of nitrogens with zero attached hydrogens (tertiary/aromatic N) is 1. The molecule has 0 aliphatic rings. The second-order valence-corrected chi connectivity index (χ2v) is 7.52. The second-order valence-electron chi connectivity index (χ2n) is 7.14. The van der Waals surface area contributed by atoms with Crippen LogP contribution in [0.4, 0.5) is 5.69 Å². The van der Waals surface area contributed by atoms with Gasteiger partial charge in [0.2, 0.25) is 5.89 Å². The SMILES string of the molecule is COc1cccc(-c2nc3cc(NC(=O)COc4cc(C)c(Cl)c(C)c4)ccc3o2)c1. The molecule has 0 saturated carbocycles. The standard InChI is InChI=1S/C24H21ClN2O4/c1-14-9-19(10-15(2)23(14)25)30-13-22(28)26-17-7-8-21-20(12-17)27-24(31-21)16-5-4-6-18(11-16)29-3/h4-12H,13H2,1-3H3,(H,26,28). The van der Waals surface area contributed by atoms with Crippen molar-refractivity contribution in [2.45, 2.75) is 13.8 Å². The van der Waals surface area contributed by atoms with Crippen LogP contribution in [0.1, 0.15) is 11.1 Å². The van der Waals surface area contributed by atoms with Crippen molar-refractivity contribution in [2.24, 2.45) is 0 Å². The number of amides is 1. The fraction of sp³-hybridized carbons (Fsp3) is 0.167. The number of nitrogens with one attached hydrogen (secondary N) is 1. The first-order valence-corrected chi connectivity index (χ1v) is 10.0. The molecule has 0 unspecified atom stereocenters. The summed E-state index contributed by atoms with van der Waals surface area (Å²) >= 11 is 6.17. The van der Waals surface area contributed by atoms with Gasteiger partial charge in [0.1, 0.15) is 17.0 Å². The van der Waals surface area contributed by atoms with Gasteiger partial charge in [-0.05, 0) is 73.5 Å². The fourth-order valence-corrected chi connectivity index (χ4v) is 3.33. The van der Waals surface area contributed by atoms with E-state index in [-0.39, 0.29) is 12.5 Å². The van der Waals surface area contributed by atoms with E-state index < -0.39 is 0 Å². The molecule has 0 atom stereocenters. The van der Waals surface area contributed by atoms with Crippen molar-refractivity contribution < 1.29 is 18.7 Å². The van der Waals surface area contributed by atoms with Crippen molar-refractivity contribution in [1.29, 1.82) is 0 Å². The highest BCUT2D eigenvalue weighted by atomic mass is 35.5. The van der Waals surface area contributed by atoms with Crippen LogP contribution in [0.5, 0.6) is 11.5 Å². The number of hydrogen-bond acceptors (Lipinski definition) is 5. The third-order valence-corrected chi connectivity index (χ3v) is 5.36. The summed E-state index contributed by atoms with van der Waals surface area (Å²) in [5.74, 6) is 1.53. The maximum atomic E-state index is 12.3. The zero-order valence-corrected chi connectivity index (χ0v) is 18.1. The van der Waals surface area contributed by atoms with Crippen molar-refractivity contribution in [2.75, 3.05) is 19.0 Å². The summed E-state index contributed by atoms with van der Waals surface area (Å²) in [6.45, 7) is 3.68. The number of ether oxygens (including phenoxy) is 2. The van der Waals surface area contributed by atoms with Crippen LogP contribution in [-0.2, 0) is 4.79 Å². The predicted octanol–water partition coefficient (Wildman–Crippen LogP) is 5.79. The fourth-order valence-electron chi connectivity index (χ4n) is 3.22. The Kier molecular flexibility index (Phi) is 5.82. The van der Waals surface area contributed by atoms with Gasteiger partial charge >= 0.3 is 0 Å². The molecule has 4 rings (SSSR count). The summed E-state index contributed by atoms with van der Waals surface area (Å²) in [5.41, 5.74) is 4.48. The van der Waals surface area contributed by atoms with Gasteiger partial charge in [0.05, 0.1) is 7.11 Å². The van der Waals surface area contributed by atoms with Crippen LogP contribution >= 0.6 is 11.6 Å². The third-order valence-electron chi connectivity index (χ3n) is 4.77. The van der Waals surface area contributed by atoms with E-state index >= 15 is 0 Å². The van der Waals surface area contributed by atoms with Gasteiger partial charge in [-0.1, -0.05) is 17.7 Å². The van der Waals surface area contributed by atoms with Crippen LogP contribution in [-0.4, -0.2) is 24.6 Å². The Balaban J connectivity index is 1.45. The number of hydrogen-bond donors (Lipinski definition) is 1. The minimum Gasteiger partial charge on any atom is -0.497 e. The number of carbonyl (C=O) groups excluding carboxylic acids is 1. The summed E-state index contributed by atoms with van der Waals surface area (Å²) in [5, 5.41) is 3.52. The highest BCUT2D eigenvalue weighted by Gasteiger charge is 2.12. The summed E-state index contributed by atoms with van der Waals surface area (Å²) in [6.07, 6.45) is 0. The predicted molar refractivity (Wildman–Crippen MR) is 121 cm³/mol. The molecule has 0 saturated heterocycles. The first-order valence-electron chi connectivity index (χ1n) is 9.67. The lowest BCUT2D eigenvalue weighted by molar-refractivity contribution is -0.118. The molecule has 6 nitrogen and oxygen atoms in total. The van der Waals surface area contributed by atoms with Crippen LogP contribution in [0.25, 0.3) is 22.6 Å². The molecule has 3 aromatic carbocycles. The van der Waals surface area contributed by atoms with Gasteiger partial charge < -0.3 is 19.2 Å². The van der Waals surface area contributed by atoms with Crippen molar-refractivity contribution in [3.63, 3.8) is 0 Å². The van der Waals surface area contributed by atoms with E-state index in [1.54, 1.807) is 25.3 Å². The lowest BCUT2D eigenvalue weighted by Crippen LogP contribution is -2.20. The second kappa shape index (κ2) is 8.70.